The molecule has 1 aromatic rings. The molecule has 2 heterocycles. The summed E-state index contributed by atoms with van der Waals surface area (Å²) in [5.41, 5.74) is -0.513. The van der Waals surface area contributed by atoms with Crippen LogP contribution in [0.3, 0.4) is 0 Å². The lowest BCUT2D eigenvalue weighted by atomic mass is 10.2. The van der Waals surface area contributed by atoms with E-state index in [2.05, 4.69) is 5.32 Å². The number of amides is 1. The lowest BCUT2D eigenvalue weighted by Gasteiger charge is -2.24. The summed E-state index contributed by atoms with van der Waals surface area (Å²) in [5.74, 6) is 0.477. The zero-order chi connectivity index (χ0) is 17.3. The second-order valence-electron chi connectivity index (χ2n) is 6.56. The molecule has 1 aliphatic rings. The van der Waals surface area contributed by atoms with Gasteiger partial charge in [0.25, 0.3) is 10.0 Å². The van der Waals surface area contributed by atoms with Crippen molar-refractivity contribution in [3.05, 3.63) is 17.9 Å². The molecule has 0 spiro atoms. The Morgan fingerprint density at radius 1 is 1.48 bits per heavy atom. The van der Waals surface area contributed by atoms with Gasteiger partial charge >= 0.3 is 6.09 Å². The molecule has 1 saturated heterocycles. The van der Waals surface area contributed by atoms with Crippen LogP contribution < -0.4 is 10.5 Å². The first-order valence-electron chi connectivity index (χ1n) is 7.37. The SMILES string of the molecule is CC(C)(C)OC(=O)N1CCC(NCc2ccc(S(N)(=O)=O)o2)C1. The largest absolute Gasteiger partial charge is 0.447 e. The van der Waals surface area contributed by atoms with Crippen molar-refractivity contribution in [3.63, 3.8) is 0 Å². The van der Waals surface area contributed by atoms with Crippen LogP contribution in [0.15, 0.2) is 21.6 Å². The smallest absolute Gasteiger partial charge is 0.410 e. The molecule has 1 unspecified atom stereocenters. The monoisotopic (exact) mass is 345 g/mol. The fourth-order valence-corrected chi connectivity index (χ4v) is 2.75. The van der Waals surface area contributed by atoms with E-state index in [0.29, 0.717) is 25.4 Å². The minimum atomic E-state index is -3.82. The van der Waals surface area contributed by atoms with E-state index in [-0.39, 0.29) is 17.2 Å². The first-order valence-corrected chi connectivity index (χ1v) is 8.92. The third-order valence-corrected chi connectivity index (χ3v) is 4.10. The number of hydrogen-bond donors (Lipinski definition) is 2. The summed E-state index contributed by atoms with van der Waals surface area (Å²) >= 11 is 0. The highest BCUT2D eigenvalue weighted by Crippen LogP contribution is 2.16. The molecular formula is C14H23N3O5S. The van der Waals surface area contributed by atoms with Crippen molar-refractivity contribution in [1.82, 2.24) is 10.2 Å². The van der Waals surface area contributed by atoms with Crippen LogP contribution in [0, 0.1) is 0 Å². The van der Waals surface area contributed by atoms with E-state index in [4.69, 9.17) is 14.3 Å². The topological polar surface area (TPSA) is 115 Å². The number of nitrogens with one attached hydrogen (secondary N) is 1. The number of sulfonamides is 1. The van der Waals surface area contributed by atoms with Crippen molar-refractivity contribution in [2.24, 2.45) is 5.14 Å². The van der Waals surface area contributed by atoms with Gasteiger partial charge in [0, 0.05) is 19.1 Å². The van der Waals surface area contributed by atoms with Gasteiger partial charge in [-0.3, -0.25) is 0 Å². The molecule has 0 aromatic carbocycles. The van der Waals surface area contributed by atoms with Crippen LogP contribution in [0.4, 0.5) is 4.79 Å². The summed E-state index contributed by atoms with van der Waals surface area (Å²) < 4.78 is 32.8. The van der Waals surface area contributed by atoms with Gasteiger partial charge in [-0.2, -0.15) is 0 Å². The maximum atomic E-state index is 12.0. The average molecular weight is 345 g/mol. The second-order valence-corrected chi connectivity index (χ2v) is 8.05. The highest BCUT2D eigenvalue weighted by Gasteiger charge is 2.29. The Kier molecular flexibility index (Phi) is 5.02. The molecule has 1 atom stereocenters. The number of primary sulfonamides is 1. The van der Waals surface area contributed by atoms with Gasteiger partial charge in [0.2, 0.25) is 5.09 Å². The van der Waals surface area contributed by atoms with Crippen LogP contribution in [-0.4, -0.2) is 44.1 Å². The minimum Gasteiger partial charge on any atom is -0.447 e. The molecule has 9 heteroatoms. The first-order chi connectivity index (χ1) is 10.5. The number of carbonyl (C=O) groups is 1. The quantitative estimate of drug-likeness (QED) is 0.842. The lowest BCUT2D eigenvalue weighted by Crippen LogP contribution is -2.38. The first kappa shape index (κ1) is 17.8. The third kappa shape index (κ3) is 5.22. The Morgan fingerprint density at radius 2 is 2.17 bits per heavy atom. The van der Waals surface area contributed by atoms with E-state index >= 15 is 0 Å². The predicted octanol–water partition coefficient (Wildman–Crippen LogP) is 1.03. The zero-order valence-corrected chi connectivity index (χ0v) is 14.4. The van der Waals surface area contributed by atoms with Crippen molar-refractivity contribution < 1.29 is 22.4 Å². The molecule has 0 saturated carbocycles. The van der Waals surface area contributed by atoms with Gasteiger partial charge in [-0.25, -0.2) is 18.4 Å². The summed E-state index contributed by atoms with van der Waals surface area (Å²) in [4.78, 5) is 13.6. The Balaban J connectivity index is 1.82. The van der Waals surface area contributed by atoms with Crippen LogP contribution in [0.1, 0.15) is 33.0 Å². The molecule has 0 aliphatic carbocycles. The van der Waals surface area contributed by atoms with Crippen LogP contribution >= 0.6 is 0 Å². The van der Waals surface area contributed by atoms with Gasteiger partial charge in [-0.1, -0.05) is 0 Å². The Hall–Kier alpha value is -1.58. The number of ether oxygens (including phenoxy) is 1. The molecule has 8 nitrogen and oxygen atoms in total. The van der Waals surface area contributed by atoms with Crippen molar-refractivity contribution in [3.8, 4) is 0 Å². The van der Waals surface area contributed by atoms with E-state index < -0.39 is 15.6 Å². The normalized spacial score (nSPS) is 19.1. The van der Waals surface area contributed by atoms with Gasteiger partial charge in [-0.15, -0.1) is 0 Å². The highest BCUT2D eigenvalue weighted by molar-refractivity contribution is 7.89. The van der Waals surface area contributed by atoms with Gasteiger partial charge in [-0.05, 0) is 39.3 Å². The molecule has 0 bridgehead atoms. The van der Waals surface area contributed by atoms with Crippen LogP contribution in [0.5, 0.6) is 0 Å². The Bertz CT molecular complexity index is 662. The summed E-state index contributed by atoms with van der Waals surface area (Å²) in [6, 6.07) is 2.99. The van der Waals surface area contributed by atoms with E-state index in [9.17, 15) is 13.2 Å². The molecule has 130 valence electrons. The van der Waals surface area contributed by atoms with Gasteiger partial charge < -0.3 is 19.4 Å². The molecule has 1 fully saturated rings. The Labute approximate surface area is 136 Å². The molecule has 23 heavy (non-hydrogen) atoms. The van der Waals surface area contributed by atoms with Gasteiger partial charge in [0.1, 0.15) is 11.4 Å². The van der Waals surface area contributed by atoms with Crippen molar-refractivity contribution in [2.75, 3.05) is 13.1 Å². The summed E-state index contributed by atoms with van der Waals surface area (Å²) in [5, 5.41) is 7.97. The number of likely N-dealkylation sites (tertiary alicyclic amines) is 1. The minimum absolute atomic E-state index is 0.102. The van der Waals surface area contributed by atoms with Crippen molar-refractivity contribution in [1.29, 1.82) is 0 Å². The lowest BCUT2D eigenvalue weighted by molar-refractivity contribution is 0.0291. The van der Waals surface area contributed by atoms with E-state index in [1.54, 1.807) is 11.0 Å². The third-order valence-electron chi connectivity index (χ3n) is 3.32. The fourth-order valence-electron chi connectivity index (χ4n) is 2.27. The fraction of sp³-hybridized carbons (Fsp3) is 0.643. The van der Waals surface area contributed by atoms with Gasteiger partial charge in [0.05, 0.1) is 6.54 Å². The molecule has 1 aliphatic heterocycles. The highest BCUT2D eigenvalue weighted by atomic mass is 32.2. The number of hydrogen-bond acceptors (Lipinski definition) is 6. The molecular weight excluding hydrogens is 322 g/mol. The van der Waals surface area contributed by atoms with Crippen molar-refractivity contribution in [2.45, 2.75) is 50.5 Å². The summed E-state index contributed by atoms with van der Waals surface area (Å²) in [7, 11) is -3.82. The zero-order valence-electron chi connectivity index (χ0n) is 13.5. The van der Waals surface area contributed by atoms with Crippen LogP contribution in [0.2, 0.25) is 0 Å². The summed E-state index contributed by atoms with van der Waals surface area (Å²) in [6.07, 6.45) is 0.471. The number of nitrogens with two attached hydrogens (primary N) is 1. The number of carbonyl (C=O) groups excluding carboxylic acids is 1. The number of nitrogens with zero attached hydrogens (tertiary/aromatic N) is 1. The Morgan fingerprint density at radius 3 is 2.74 bits per heavy atom. The molecule has 0 radical (unpaired) electrons. The van der Waals surface area contributed by atoms with Crippen LogP contribution in [-0.2, 0) is 21.3 Å². The van der Waals surface area contributed by atoms with E-state index in [1.165, 1.54) is 6.07 Å². The van der Waals surface area contributed by atoms with E-state index in [1.807, 2.05) is 20.8 Å². The average Bonchev–Trinajstić information content (AvgIpc) is 3.03. The summed E-state index contributed by atoms with van der Waals surface area (Å²) in [6.45, 7) is 7.01. The van der Waals surface area contributed by atoms with Crippen LogP contribution in [0.25, 0.3) is 0 Å². The molecule has 2 rings (SSSR count). The van der Waals surface area contributed by atoms with Crippen molar-refractivity contribution >= 4 is 16.1 Å². The molecule has 1 aromatic heterocycles. The maximum absolute atomic E-state index is 12.0. The standard InChI is InChI=1S/C14H23N3O5S/c1-14(2,3)22-13(18)17-7-6-10(9-17)16-8-11-4-5-12(21-11)23(15,19)20/h4-5,10,16H,6-9H2,1-3H3,(H2,15,19,20). The molecule has 3 N–H and O–H groups in total. The maximum Gasteiger partial charge on any atom is 0.410 e. The van der Waals surface area contributed by atoms with E-state index in [0.717, 1.165) is 6.42 Å². The molecule has 1 amide bonds. The predicted molar refractivity (Wildman–Crippen MR) is 83.1 cm³/mol. The second kappa shape index (κ2) is 6.50. The number of furan rings is 1. The van der Waals surface area contributed by atoms with Gasteiger partial charge in [0.15, 0.2) is 0 Å². The number of rotatable bonds is 4.